The normalized spacial score (nSPS) is 9.91. The molecule has 2 heteroatoms. The molecular weight excluding hydrogens is 136 g/mol. The van der Waals surface area contributed by atoms with E-state index in [1.54, 1.807) is 0 Å². The fourth-order valence-electron chi connectivity index (χ4n) is 1.09. The molecule has 0 aliphatic carbocycles. The molecule has 0 amide bonds. The zero-order valence-corrected chi connectivity index (χ0v) is 6.95. The van der Waals surface area contributed by atoms with Crippen LogP contribution in [0.25, 0.3) is 0 Å². The smallest absolute Gasteiger partial charge is 0.108 e. The fraction of sp³-hybridized carbons (Fsp3) is 0.444. The highest BCUT2D eigenvalue weighted by Gasteiger charge is 1.96. The molecule has 11 heavy (non-hydrogen) atoms. The molecule has 0 aliphatic rings. The average Bonchev–Trinajstić information content (AvgIpc) is 2.47. The lowest BCUT2D eigenvalue weighted by atomic mass is 10.4. The van der Waals surface area contributed by atoms with Crippen molar-refractivity contribution in [2.45, 2.75) is 26.3 Å². The Morgan fingerprint density at radius 1 is 1.73 bits per heavy atom. The molecule has 2 nitrogen and oxygen atoms in total. The maximum atomic E-state index is 4.22. The van der Waals surface area contributed by atoms with E-state index in [0.29, 0.717) is 0 Å². The van der Waals surface area contributed by atoms with Crippen molar-refractivity contribution in [1.82, 2.24) is 9.55 Å². The molecule has 0 spiro atoms. The Bertz CT molecular complexity index is 225. The number of imidazole rings is 1. The molecule has 0 bridgehead atoms. The third kappa shape index (κ3) is 1.93. The van der Waals surface area contributed by atoms with Crippen molar-refractivity contribution in [3.63, 3.8) is 0 Å². The van der Waals surface area contributed by atoms with E-state index in [9.17, 15) is 0 Å². The van der Waals surface area contributed by atoms with Crippen molar-refractivity contribution in [1.29, 1.82) is 0 Å². The van der Waals surface area contributed by atoms with Gasteiger partial charge in [0.1, 0.15) is 5.82 Å². The van der Waals surface area contributed by atoms with Crippen molar-refractivity contribution in [3.8, 4) is 0 Å². The number of rotatable bonds is 4. The van der Waals surface area contributed by atoms with Gasteiger partial charge < -0.3 is 4.57 Å². The molecule has 0 atom stereocenters. The molecule has 1 rings (SSSR count). The average molecular weight is 150 g/mol. The van der Waals surface area contributed by atoms with Gasteiger partial charge in [0.25, 0.3) is 0 Å². The van der Waals surface area contributed by atoms with Gasteiger partial charge in [-0.05, 0) is 6.42 Å². The van der Waals surface area contributed by atoms with Crippen LogP contribution in [0.15, 0.2) is 25.0 Å². The minimum absolute atomic E-state index is 1.00. The van der Waals surface area contributed by atoms with Gasteiger partial charge in [-0.2, -0.15) is 0 Å². The van der Waals surface area contributed by atoms with Crippen LogP contribution in [0.2, 0.25) is 0 Å². The third-order valence-corrected chi connectivity index (χ3v) is 1.69. The van der Waals surface area contributed by atoms with Crippen molar-refractivity contribution < 1.29 is 0 Å². The first-order valence-electron chi connectivity index (χ1n) is 3.99. The molecule has 0 fully saturated rings. The third-order valence-electron chi connectivity index (χ3n) is 1.69. The summed E-state index contributed by atoms with van der Waals surface area (Å²) in [4.78, 5) is 4.22. The van der Waals surface area contributed by atoms with Gasteiger partial charge in [0, 0.05) is 25.4 Å². The number of allylic oxidation sites excluding steroid dienone is 1. The van der Waals surface area contributed by atoms with Crippen molar-refractivity contribution in [3.05, 3.63) is 30.9 Å². The molecule has 0 aliphatic heterocycles. The van der Waals surface area contributed by atoms with E-state index in [4.69, 9.17) is 0 Å². The Hall–Kier alpha value is -1.05. The molecule has 0 saturated heterocycles. The summed E-state index contributed by atoms with van der Waals surface area (Å²) in [5, 5.41) is 0. The van der Waals surface area contributed by atoms with Gasteiger partial charge in [-0.25, -0.2) is 4.98 Å². The predicted molar refractivity (Wildman–Crippen MR) is 46.4 cm³/mol. The quantitative estimate of drug-likeness (QED) is 0.600. The van der Waals surface area contributed by atoms with Crippen LogP contribution in [0.5, 0.6) is 0 Å². The Balaban J connectivity index is 2.60. The van der Waals surface area contributed by atoms with Crippen LogP contribution >= 0.6 is 0 Å². The molecule has 0 saturated carbocycles. The number of aryl methyl sites for hydroxylation is 2. The zero-order chi connectivity index (χ0) is 8.10. The first kappa shape index (κ1) is 8.05. The number of aromatic nitrogens is 2. The Morgan fingerprint density at radius 3 is 3.18 bits per heavy atom. The lowest BCUT2D eigenvalue weighted by Gasteiger charge is -2.02. The second kappa shape index (κ2) is 3.96. The number of hydrogen-bond acceptors (Lipinski definition) is 1. The van der Waals surface area contributed by atoms with Gasteiger partial charge in [0.05, 0.1) is 0 Å². The largest absolute Gasteiger partial charge is 0.335 e. The summed E-state index contributed by atoms with van der Waals surface area (Å²) >= 11 is 0. The molecule has 1 aromatic heterocycles. The molecule has 1 heterocycles. The highest BCUT2D eigenvalue weighted by atomic mass is 15.1. The van der Waals surface area contributed by atoms with Crippen LogP contribution in [0.1, 0.15) is 19.2 Å². The predicted octanol–water partition coefficient (Wildman–Crippen LogP) is 2.02. The highest BCUT2D eigenvalue weighted by molar-refractivity contribution is 4.91. The first-order valence-corrected chi connectivity index (χ1v) is 3.99. The first-order chi connectivity index (χ1) is 5.38. The van der Waals surface area contributed by atoms with Crippen molar-refractivity contribution >= 4 is 0 Å². The maximum Gasteiger partial charge on any atom is 0.108 e. The summed E-state index contributed by atoms with van der Waals surface area (Å²) in [6, 6.07) is 0. The van der Waals surface area contributed by atoms with Crippen LogP contribution in [0, 0.1) is 0 Å². The van der Waals surface area contributed by atoms with Gasteiger partial charge in [0.15, 0.2) is 0 Å². The zero-order valence-electron chi connectivity index (χ0n) is 6.95. The summed E-state index contributed by atoms with van der Waals surface area (Å²) in [7, 11) is 0. The van der Waals surface area contributed by atoms with E-state index >= 15 is 0 Å². The van der Waals surface area contributed by atoms with E-state index < -0.39 is 0 Å². The van der Waals surface area contributed by atoms with E-state index in [1.165, 1.54) is 0 Å². The lowest BCUT2D eigenvalue weighted by molar-refractivity contribution is 0.667. The molecular formula is C9H14N2. The minimum atomic E-state index is 1.00. The van der Waals surface area contributed by atoms with Crippen LogP contribution in [0.3, 0.4) is 0 Å². The number of nitrogens with zero attached hydrogens (tertiary/aromatic N) is 2. The second-order valence-electron chi connectivity index (χ2n) is 2.47. The van der Waals surface area contributed by atoms with Crippen molar-refractivity contribution in [2.24, 2.45) is 0 Å². The van der Waals surface area contributed by atoms with E-state index in [-0.39, 0.29) is 0 Å². The summed E-state index contributed by atoms with van der Waals surface area (Å²) in [6.45, 7) is 6.81. The lowest BCUT2D eigenvalue weighted by Crippen LogP contribution is -2.00. The Labute approximate surface area is 67.6 Å². The van der Waals surface area contributed by atoms with Gasteiger partial charge >= 0.3 is 0 Å². The van der Waals surface area contributed by atoms with Crippen LogP contribution in [0.4, 0.5) is 0 Å². The summed E-state index contributed by atoms with van der Waals surface area (Å²) in [6.07, 6.45) is 7.82. The minimum Gasteiger partial charge on any atom is -0.335 e. The molecule has 0 unspecified atom stereocenters. The molecule has 0 radical (unpaired) electrons. The standard InChI is InChI=1S/C9H14N2/c1-3-5-7-11-8-6-10-9(11)4-2/h3,6,8H,1,4-5,7H2,2H3. The maximum absolute atomic E-state index is 4.22. The molecule has 1 aromatic rings. The molecule has 60 valence electrons. The summed E-state index contributed by atoms with van der Waals surface area (Å²) < 4.78 is 2.17. The summed E-state index contributed by atoms with van der Waals surface area (Å²) in [5.41, 5.74) is 0. The summed E-state index contributed by atoms with van der Waals surface area (Å²) in [5.74, 6) is 1.16. The van der Waals surface area contributed by atoms with Gasteiger partial charge in [0.2, 0.25) is 0 Å². The van der Waals surface area contributed by atoms with E-state index in [2.05, 4.69) is 23.1 Å². The van der Waals surface area contributed by atoms with Gasteiger partial charge in [-0.15, -0.1) is 6.58 Å². The van der Waals surface area contributed by atoms with Gasteiger partial charge in [-0.3, -0.25) is 0 Å². The Morgan fingerprint density at radius 2 is 2.55 bits per heavy atom. The SMILES string of the molecule is C=CCCn1ccnc1CC. The molecule has 0 N–H and O–H groups in total. The van der Waals surface area contributed by atoms with Gasteiger partial charge in [-0.1, -0.05) is 13.0 Å². The van der Waals surface area contributed by atoms with Crippen LogP contribution < -0.4 is 0 Å². The van der Waals surface area contributed by atoms with E-state index in [1.807, 2.05) is 18.5 Å². The van der Waals surface area contributed by atoms with E-state index in [0.717, 1.165) is 25.2 Å². The van der Waals surface area contributed by atoms with Crippen molar-refractivity contribution in [2.75, 3.05) is 0 Å². The highest BCUT2D eigenvalue weighted by Crippen LogP contribution is 1.99. The van der Waals surface area contributed by atoms with Crippen LogP contribution in [-0.4, -0.2) is 9.55 Å². The monoisotopic (exact) mass is 150 g/mol. The number of hydrogen-bond donors (Lipinski definition) is 0. The molecule has 0 aromatic carbocycles. The second-order valence-corrected chi connectivity index (χ2v) is 2.47. The fourth-order valence-corrected chi connectivity index (χ4v) is 1.09. The Kier molecular flexibility index (Phi) is 2.90. The van der Waals surface area contributed by atoms with Crippen LogP contribution in [-0.2, 0) is 13.0 Å². The topological polar surface area (TPSA) is 17.8 Å².